The highest BCUT2D eigenvalue weighted by molar-refractivity contribution is 6.04. The van der Waals surface area contributed by atoms with Crippen molar-refractivity contribution in [2.75, 3.05) is 38.5 Å². The number of carbonyl (C=O) groups excluding carboxylic acids is 1. The first kappa shape index (κ1) is 25.6. The first-order valence-corrected chi connectivity index (χ1v) is 12.2. The Labute approximate surface area is 218 Å². The van der Waals surface area contributed by atoms with Crippen LogP contribution in [0.5, 0.6) is 0 Å². The monoisotopic (exact) mass is 519 g/mol. The third-order valence-corrected chi connectivity index (χ3v) is 6.63. The zero-order valence-corrected chi connectivity index (χ0v) is 21.0. The molecule has 0 bridgehead atoms. The molecule has 194 valence electrons. The summed E-state index contributed by atoms with van der Waals surface area (Å²) in [6.45, 7) is 5.09. The number of fused-ring (bicyclic) bond motifs is 1. The molecule has 1 saturated heterocycles. The fourth-order valence-corrected chi connectivity index (χ4v) is 4.28. The van der Waals surface area contributed by atoms with Crippen LogP contribution in [0.4, 0.5) is 24.7 Å². The topological polar surface area (TPSA) is 64.7 Å². The maximum Gasteiger partial charge on any atom is 0.416 e. The average molecular weight is 520 g/mol. The van der Waals surface area contributed by atoms with Gasteiger partial charge < -0.3 is 10.2 Å². The molecule has 0 saturated carbocycles. The minimum atomic E-state index is -4.57. The fourth-order valence-electron chi connectivity index (χ4n) is 4.28. The van der Waals surface area contributed by atoms with Gasteiger partial charge in [0, 0.05) is 55.6 Å². The lowest BCUT2D eigenvalue weighted by atomic mass is 10.0. The summed E-state index contributed by atoms with van der Waals surface area (Å²) in [7, 11) is 1.99. The van der Waals surface area contributed by atoms with E-state index < -0.39 is 17.6 Å². The minimum absolute atomic E-state index is 0.0578. The quantitative estimate of drug-likeness (QED) is 0.331. The highest BCUT2D eigenvalue weighted by Crippen LogP contribution is 2.33. The second-order valence-electron chi connectivity index (χ2n) is 9.45. The van der Waals surface area contributed by atoms with Crippen LogP contribution in [0.1, 0.15) is 38.3 Å². The van der Waals surface area contributed by atoms with E-state index in [1.807, 2.05) is 24.9 Å². The van der Waals surface area contributed by atoms with Crippen molar-refractivity contribution >= 4 is 23.8 Å². The Morgan fingerprint density at radius 3 is 2.53 bits per heavy atom. The number of hydrogen-bond donors (Lipinski definition) is 1. The van der Waals surface area contributed by atoms with Crippen molar-refractivity contribution in [1.82, 2.24) is 14.9 Å². The Hall–Kier alpha value is -4.07. The van der Waals surface area contributed by atoms with E-state index in [1.165, 1.54) is 12.1 Å². The molecule has 0 aliphatic carbocycles. The molecule has 2 aliphatic rings. The molecule has 5 rings (SSSR count). The Kier molecular flexibility index (Phi) is 6.97. The number of alkyl halides is 3. The van der Waals surface area contributed by atoms with Crippen molar-refractivity contribution < 1.29 is 22.6 Å². The van der Waals surface area contributed by atoms with Gasteiger partial charge in [0.15, 0.2) is 0 Å². The maximum absolute atomic E-state index is 13.9. The van der Waals surface area contributed by atoms with Gasteiger partial charge in [-0.25, -0.2) is 0 Å². The number of carbonyl (C=O) groups is 1. The number of anilines is 1. The largest absolute Gasteiger partial charge is 0.416 e. The van der Waals surface area contributed by atoms with Gasteiger partial charge in [0.2, 0.25) is 0 Å². The third-order valence-electron chi connectivity index (χ3n) is 6.63. The van der Waals surface area contributed by atoms with Crippen LogP contribution >= 0.6 is 0 Å². The van der Waals surface area contributed by atoms with Crippen molar-refractivity contribution in [3.8, 4) is 11.8 Å². The normalized spacial score (nSPS) is 15.3. The van der Waals surface area contributed by atoms with Gasteiger partial charge in [-0.05, 0) is 61.4 Å². The molecule has 1 N–H and O–H groups in total. The number of likely N-dealkylation sites (N-methyl/N-ethyl adjacent to an activating group) is 1. The van der Waals surface area contributed by atoms with Gasteiger partial charge in [0.25, 0.3) is 18.1 Å². The van der Waals surface area contributed by atoms with E-state index >= 15 is 0 Å². The molecular formula is C28H26F3N6O+. The van der Waals surface area contributed by atoms with Gasteiger partial charge in [0.05, 0.1) is 5.56 Å². The van der Waals surface area contributed by atoms with Gasteiger partial charge in [-0.2, -0.15) is 13.2 Å². The number of hydrogen-bond acceptors (Lipinski definition) is 5. The minimum Gasteiger partial charge on any atom is -0.322 e. The number of piperazine rings is 1. The van der Waals surface area contributed by atoms with E-state index in [-0.39, 0.29) is 17.7 Å². The smallest absolute Gasteiger partial charge is 0.322 e. The Morgan fingerprint density at radius 2 is 1.84 bits per heavy atom. The summed E-state index contributed by atoms with van der Waals surface area (Å²) in [6, 6.07) is 12.6. The number of amides is 1. The third kappa shape index (κ3) is 5.74. The van der Waals surface area contributed by atoms with Crippen molar-refractivity contribution in [2.24, 2.45) is 4.99 Å². The number of nitrogens with one attached hydrogen (secondary N) is 1. The van der Waals surface area contributed by atoms with E-state index in [9.17, 15) is 18.0 Å². The van der Waals surface area contributed by atoms with Crippen molar-refractivity contribution in [3.05, 3.63) is 82.0 Å². The molecule has 1 fully saturated rings. The zero-order chi connectivity index (χ0) is 26.9. The first-order valence-electron chi connectivity index (χ1n) is 12.2. The number of aromatic nitrogens is 2. The molecule has 38 heavy (non-hydrogen) atoms. The molecule has 0 spiro atoms. The van der Waals surface area contributed by atoms with Crippen LogP contribution in [0, 0.1) is 18.8 Å². The average Bonchev–Trinajstić information content (AvgIpc) is 2.86. The predicted molar refractivity (Wildman–Crippen MR) is 137 cm³/mol. The van der Waals surface area contributed by atoms with Gasteiger partial charge in [0.1, 0.15) is 5.69 Å². The van der Waals surface area contributed by atoms with Crippen LogP contribution in [0.3, 0.4) is 0 Å². The van der Waals surface area contributed by atoms with Gasteiger partial charge in [-0.15, -0.1) is 4.68 Å². The van der Waals surface area contributed by atoms with E-state index in [0.29, 0.717) is 30.0 Å². The summed E-state index contributed by atoms with van der Waals surface area (Å²) in [4.78, 5) is 21.1. The van der Waals surface area contributed by atoms with Crippen LogP contribution in [0.15, 0.2) is 53.5 Å². The van der Waals surface area contributed by atoms with Crippen LogP contribution in [0.25, 0.3) is 0 Å². The maximum atomic E-state index is 13.9. The molecule has 0 atom stereocenters. The number of rotatable bonds is 4. The summed E-state index contributed by atoms with van der Waals surface area (Å²) in [5.74, 6) is 6.17. The Bertz CT molecular complexity index is 1480. The van der Waals surface area contributed by atoms with Crippen LogP contribution in [0.2, 0.25) is 0 Å². The molecule has 0 unspecified atom stereocenters. The second-order valence-corrected chi connectivity index (χ2v) is 9.45. The fraction of sp³-hybridized carbons (Fsp3) is 0.286. The van der Waals surface area contributed by atoms with Crippen LogP contribution < -0.4 is 10.00 Å². The number of halogens is 3. The van der Waals surface area contributed by atoms with Gasteiger partial charge >= 0.3 is 6.18 Å². The lowest BCUT2D eigenvalue weighted by Crippen LogP contribution is -2.44. The van der Waals surface area contributed by atoms with E-state index in [4.69, 9.17) is 0 Å². The summed E-state index contributed by atoms with van der Waals surface area (Å²) < 4.78 is 43.4. The SMILES string of the molecule is Cc1ccc(NC(=O)c2ccc(CN3CCN(C)CC3)c(C(F)(F)F)c2)cc1C#Cc1ccc2[n+](n1)C=N2. The zero-order valence-electron chi connectivity index (χ0n) is 21.0. The molecule has 2 aliphatic heterocycles. The second kappa shape index (κ2) is 10.4. The van der Waals surface area contributed by atoms with Crippen molar-refractivity contribution in [2.45, 2.75) is 19.6 Å². The highest BCUT2D eigenvalue weighted by atomic mass is 19.4. The highest BCUT2D eigenvalue weighted by Gasteiger charge is 2.34. The molecule has 3 heterocycles. The molecule has 7 nitrogen and oxygen atoms in total. The molecule has 1 aromatic heterocycles. The van der Waals surface area contributed by atoms with E-state index in [0.717, 1.165) is 30.5 Å². The number of aryl methyl sites for hydroxylation is 1. The lowest BCUT2D eigenvalue weighted by Gasteiger charge is -2.33. The first-order chi connectivity index (χ1) is 18.2. The molecule has 3 aromatic rings. The Morgan fingerprint density at radius 1 is 1.05 bits per heavy atom. The molecule has 1 amide bonds. The molecular weight excluding hydrogens is 493 g/mol. The van der Waals surface area contributed by atoms with Gasteiger partial charge in [-0.3, -0.25) is 9.69 Å². The molecule has 2 aromatic carbocycles. The Balaban J connectivity index is 1.33. The van der Waals surface area contributed by atoms with Crippen LogP contribution in [-0.4, -0.2) is 60.4 Å². The van der Waals surface area contributed by atoms with Crippen molar-refractivity contribution in [3.63, 3.8) is 0 Å². The summed E-state index contributed by atoms with van der Waals surface area (Å²) >= 11 is 0. The predicted octanol–water partition coefficient (Wildman–Crippen LogP) is 3.62. The van der Waals surface area contributed by atoms with Crippen LogP contribution in [-0.2, 0) is 12.7 Å². The number of benzene rings is 2. The molecule has 10 heteroatoms. The lowest BCUT2D eigenvalue weighted by molar-refractivity contribution is -0.614. The number of nitrogens with zero attached hydrogens (tertiary/aromatic N) is 5. The van der Waals surface area contributed by atoms with E-state index in [2.05, 4.69) is 32.1 Å². The molecule has 0 radical (unpaired) electrons. The van der Waals surface area contributed by atoms with Crippen molar-refractivity contribution in [1.29, 1.82) is 0 Å². The van der Waals surface area contributed by atoms with Gasteiger partial charge in [-0.1, -0.05) is 28.1 Å². The summed E-state index contributed by atoms with van der Waals surface area (Å²) in [5, 5.41) is 7.02. The summed E-state index contributed by atoms with van der Waals surface area (Å²) in [6.07, 6.45) is -2.98. The summed E-state index contributed by atoms with van der Waals surface area (Å²) in [5.41, 5.74) is 1.88. The van der Waals surface area contributed by atoms with E-state index in [1.54, 1.807) is 35.3 Å². The number of aliphatic imine (C=N–C) groups is 1. The standard InChI is InChI=1S/C28H25F3N6O/c1-19-3-7-24(15-20(19)6-8-23-9-10-26-32-18-37(26)34-23)33-27(38)21-4-5-22(25(16-21)28(29,30)31)17-36-13-11-35(2)12-14-36/h3-5,7,9-10,15-16,18H,11-14,17H2,1-2H3/p+1.